The Morgan fingerprint density at radius 3 is 2.52 bits per heavy atom. The third-order valence-electron chi connectivity index (χ3n) is 3.36. The number of hydrogen-bond donors (Lipinski definition) is 0. The number of hydrogen-bond acceptors (Lipinski definition) is 3. The zero-order valence-corrected chi connectivity index (χ0v) is 16.0. The lowest BCUT2D eigenvalue weighted by Gasteiger charge is -2.07. The Labute approximate surface area is 151 Å². The number of nitrogens with zero attached hydrogens (tertiary/aromatic N) is 1. The Morgan fingerprint density at radius 1 is 1.09 bits per heavy atom. The van der Waals surface area contributed by atoms with E-state index in [-0.39, 0.29) is 4.90 Å². The smallest absolute Gasteiger partial charge is 0.283 e. The molecular formula is C16H13Br2NO3S. The van der Waals surface area contributed by atoms with Gasteiger partial charge in [0.2, 0.25) is 0 Å². The lowest BCUT2D eigenvalue weighted by atomic mass is 10.0. The summed E-state index contributed by atoms with van der Waals surface area (Å²) in [5.41, 5.74) is 1.85. The summed E-state index contributed by atoms with van der Waals surface area (Å²) in [6.07, 6.45) is 0.852. The topological polar surface area (TPSA) is 55.7 Å². The average Bonchev–Trinajstić information content (AvgIpc) is 2.80. The fourth-order valence-corrected chi connectivity index (χ4v) is 4.02. The van der Waals surface area contributed by atoms with Crippen molar-refractivity contribution in [3.8, 4) is 5.75 Å². The summed E-state index contributed by atoms with van der Waals surface area (Å²) < 4.78 is 35.1. The fourth-order valence-electron chi connectivity index (χ4n) is 2.28. The molecule has 1 aliphatic heterocycles. The molecule has 0 aliphatic carbocycles. The lowest BCUT2D eigenvalue weighted by Crippen LogP contribution is -2.02. The first-order valence-electron chi connectivity index (χ1n) is 6.95. The van der Waals surface area contributed by atoms with Crippen molar-refractivity contribution in [2.75, 3.05) is 11.9 Å². The van der Waals surface area contributed by atoms with Crippen LogP contribution in [0.3, 0.4) is 0 Å². The third-order valence-corrected chi connectivity index (χ3v) is 5.77. The Morgan fingerprint density at radius 2 is 1.83 bits per heavy atom. The molecule has 0 radical (unpaired) electrons. The van der Waals surface area contributed by atoms with E-state index >= 15 is 0 Å². The van der Waals surface area contributed by atoms with Crippen LogP contribution in [0.25, 0.3) is 0 Å². The van der Waals surface area contributed by atoms with E-state index in [1.807, 2.05) is 24.3 Å². The van der Waals surface area contributed by atoms with E-state index in [1.165, 1.54) is 0 Å². The van der Waals surface area contributed by atoms with Gasteiger partial charge in [0.15, 0.2) is 0 Å². The standard InChI is InChI=1S/C16H13Br2NO3S/c17-8-1-9-22-13-6-7-14-15(10-13)23(20,21)19-16(14)11-2-4-12(18)5-3-11/h2-7,10H,1,8-9H2. The molecule has 120 valence electrons. The maximum absolute atomic E-state index is 12.3. The highest BCUT2D eigenvalue weighted by molar-refractivity contribution is 9.10. The summed E-state index contributed by atoms with van der Waals surface area (Å²) >= 11 is 6.70. The van der Waals surface area contributed by atoms with E-state index in [4.69, 9.17) is 4.74 Å². The largest absolute Gasteiger partial charge is 0.494 e. The first-order chi connectivity index (χ1) is 11.0. The molecule has 0 spiro atoms. The quantitative estimate of drug-likeness (QED) is 0.499. The maximum atomic E-state index is 12.3. The summed E-state index contributed by atoms with van der Waals surface area (Å²) in [6, 6.07) is 12.5. The minimum Gasteiger partial charge on any atom is -0.494 e. The molecule has 23 heavy (non-hydrogen) atoms. The van der Waals surface area contributed by atoms with Gasteiger partial charge in [-0.1, -0.05) is 44.0 Å². The molecule has 0 atom stereocenters. The number of sulfonamides is 1. The monoisotopic (exact) mass is 457 g/mol. The Hall–Kier alpha value is -1.18. The zero-order chi connectivity index (χ0) is 16.4. The van der Waals surface area contributed by atoms with Crippen molar-refractivity contribution in [2.45, 2.75) is 11.3 Å². The van der Waals surface area contributed by atoms with E-state index in [9.17, 15) is 8.42 Å². The number of rotatable bonds is 5. The molecule has 0 amide bonds. The Bertz CT molecular complexity index is 861. The van der Waals surface area contributed by atoms with E-state index in [0.29, 0.717) is 23.6 Å². The van der Waals surface area contributed by atoms with Gasteiger partial charge in [-0.05, 0) is 30.7 Å². The highest BCUT2D eigenvalue weighted by atomic mass is 79.9. The van der Waals surface area contributed by atoms with Crippen molar-refractivity contribution >= 4 is 47.6 Å². The van der Waals surface area contributed by atoms with Crippen LogP contribution in [0.5, 0.6) is 5.75 Å². The van der Waals surface area contributed by atoms with Crippen molar-refractivity contribution < 1.29 is 13.2 Å². The summed E-state index contributed by atoms with van der Waals surface area (Å²) in [5.74, 6) is 0.542. The highest BCUT2D eigenvalue weighted by Gasteiger charge is 2.30. The summed E-state index contributed by atoms with van der Waals surface area (Å²) in [7, 11) is -3.68. The molecule has 0 N–H and O–H groups in total. The molecule has 1 aliphatic rings. The molecule has 7 heteroatoms. The summed E-state index contributed by atoms with van der Waals surface area (Å²) in [4.78, 5) is 0.201. The summed E-state index contributed by atoms with van der Waals surface area (Å²) in [5, 5.41) is 0.840. The zero-order valence-electron chi connectivity index (χ0n) is 12.0. The second-order valence-corrected chi connectivity index (χ2v) is 8.25. The third kappa shape index (κ3) is 3.51. The van der Waals surface area contributed by atoms with E-state index < -0.39 is 10.0 Å². The van der Waals surface area contributed by atoms with Gasteiger partial charge in [-0.3, -0.25) is 0 Å². The molecular weight excluding hydrogens is 446 g/mol. The lowest BCUT2D eigenvalue weighted by molar-refractivity contribution is 0.318. The van der Waals surface area contributed by atoms with Gasteiger partial charge in [-0.25, -0.2) is 0 Å². The molecule has 2 aromatic rings. The molecule has 0 saturated heterocycles. The predicted octanol–water partition coefficient (Wildman–Crippen LogP) is 4.15. The van der Waals surface area contributed by atoms with Gasteiger partial charge in [0.25, 0.3) is 10.0 Å². The second kappa shape index (κ2) is 6.75. The van der Waals surface area contributed by atoms with Gasteiger partial charge in [0.05, 0.1) is 12.3 Å². The molecule has 0 saturated carbocycles. The molecule has 0 aromatic heterocycles. The fraction of sp³-hybridized carbons (Fsp3) is 0.188. The van der Waals surface area contributed by atoms with Crippen LogP contribution in [-0.4, -0.2) is 26.1 Å². The average molecular weight is 459 g/mol. The van der Waals surface area contributed by atoms with Crippen LogP contribution in [0.2, 0.25) is 0 Å². The Kier molecular flexibility index (Phi) is 4.89. The van der Waals surface area contributed by atoms with Crippen LogP contribution in [0.15, 0.2) is 56.2 Å². The van der Waals surface area contributed by atoms with Crippen LogP contribution in [-0.2, 0) is 10.0 Å². The predicted molar refractivity (Wildman–Crippen MR) is 97.3 cm³/mol. The summed E-state index contributed by atoms with van der Waals surface area (Å²) in [6.45, 7) is 0.532. The van der Waals surface area contributed by atoms with Crippen LogP contribution < -0.4 is 4.74 Å². The number of benzene rings is 2. The molecule has 0 bridgehead atoms. The molecule has 3 rings (SSSR count). The van der Waals surface area contributed by atoms with Gasteiger partial charge in [-0.2, -0.15) is 12.8 Å². The maximum Gasteiger partial charge on any atom is 0.283 e. The Balaban J connectivity index is 1.98. The van der Waals surface area contributed by atoms with Gasteiger partial charge in [0, 0.05) is 27.0 Å². The van der Waals surface area contributed by atoms with Crippen molar-refractivity contribution in [1.82, 2.24) is 0 Å². The second-order valence-electron chi connectivity index (χ2n) is 4.97. The molecule has 0 unspecified atom stereocenters. The van der Waals surface area contributed by atoms with Crippen molar-refractivity contribution in [3.05, 3.63) is 58.1 Å². The van der Waals surface area contributed by atoms with Crippen LogP contribution in [0.4, 0.5) is 0 Å². The number of alkyl halides is 1. The highest BCUT2D eigenvalue weighted by Crippen LogP contribution is 2.32. The van der Waals surface area contributed by atoms with Crippen molar-refractivity contribution in [2.24, 2.45) is 4.40 Å². The number of ether oxygens (including phenoxy) is 1. The SMILES string of the molecule is O=S1(=O)N=C(c2ccc(Br)cc2)c2ccc(OCCCBr)cc21. The molecule has 0 fully saturated rings. The molecule has 1 heterocycles. The number of fused-ring (bicyclic) bond motifs is 1. The van der Waals surface area contributed by atoms with E-state index in [0.717, 1.165) is 21.8 Å². The normalized spacial score (nSPS) is 15.1. The molecule has 4 nitrogen and oxygen atoms in total. The van der Waals surface area contributed by atoms with Crippen LogP contribution >= 0.6 is 31.9 Å². The van der Waals surface area contributed by atoms with Crippen LogP contribution in [0, 0.1) is 0 Å². The van der Waals surface area contributed by atoms with Crippen molar-refractivity contribution in [1.29, 1.82) is 0 Å². The van der Waals surface area contributed by atoms with Gasteiger partial charge >= 0.3 is 0 Å². The van der Waals surface area contributed by atoms with Crippen molar-refractivity contribution in [3.63, 3.8) is 0 Å². The first-order valence-corrected chi connectivity index (χ1v) is 10.3. The first kappa shape index (κ1) is 16.7. The van der Waals surface area contributed by atoms with E-state index in [2.05, 4.69) is 36.3 Å². The minimum atomic E-state index is -3.68. The molecule has 2 aromatic carbocycles. The number of halogens is 2. The van der Waals surface area contributed by atoms with E-state index in [1.54, 1.807) is 18.2 Å². The van der Waals surface area contributed by atoms with Gasteiger partial charge < -0.3 is 4.74 Å². The van der Waals surface area contributed by atoms with Crippen LogP contribution in [0.1, 0.15) is 17.5 Å². The van der Waals surface area contributed by atoms with Gasteiger partial charge in [-0.15, -0.1) is 0 Å². The van der Waals surface area contributed by atoms with Gasteiger partial charge in [0.1, 0.15) is 10.6 Å². The minimum absolute atomic E-state index is 0.201.